The van der Waals surface area contributed by atoms with E-state index in [9.17, 15) is 24.3 Å². The largest absolute Gasteiger partial charge is 0.497 e. The number of carboxylic acids is 1. The summed E-state index contributed by atoms with van der Waals surface area (Å²) in [6, 6.07) is 24.0. The number of benzene rings is 3. The van der Waals surface area contributed by atoms with Crippen molar-refractivity contribution in [1.82, 2.24) is 25.8 Å². The monoisotopic (exact) mass is 761 g/mol. The molecule has 0 radical (unpaired) electrons. The molecular weight excluding hydrogens is 714 g/mol. The van der Waals surface area contributed by atoms with Gasteiger partial charge in [0.1, 0.15) is 34.8 Å². The van der Waals surface area contributed by atoms with E-state index in [1.807, 2.05) is 93.6 Å². The van der Waals surface area contributed by atoms with Crippen molar-refractivity contribution in [3.8, 4) is 22.8 Å². The molecule has 13 nitrogen and oxygen atoms in total. The molecule has 3 heterocycles. The van der Waals surface area contributed by atoms with E-state index in [2.05, 4.69) is 16.0 Å². The average molecular weight is 762 g/mol. The number of likely N-dealkylation sites (tertiary alicyclic amines) is 1. The maximum atomic E-state index is 14.2. The van der Waals surface area contributed by atoms with Gasteiger partial charge in [-0.15, -0.1) is 0 Å². The number of nitrogens with one attached hydrogen (secondary N) is 3. The van der Waals surface area contributed by atoms with Gasteiger partial charge in [0.05, 0.1) is 24.9 Å². The highest BCUT2D eigenvalue weighted by Gasteiger charge is 2.61. The van der Waals surface area contributed by atoms with Crippen LogP contribution in [0, 0.1) is 11.8 Å². The summed E-state index contributed by atoms with van der Waals surface area (Å²) in [5.74, 6) is -0.808. The summed E-state index contributed by atoms with van der Waals surface area (Å²) in [7, 11) is 1.59. The fourth-order valence-electron chi connectivity index (χ4n) is 7.70. The summed E-state index contributed by atoms with van der Waals surface area (Å²) in [5, 5.41) is 20.4. The van der Waals surface area contributed by atoms with Gasteiger partial charge in [0.15, 0.2) is 5.76 Å². The molecule has 3 aromatic carbocycles. The van der Waals surface area contributed by atoms with E-state index in [1.54, 1.807) is 19.2 Å². The lowest BCUT2D eigenvalue weighted by atomic mass is 10.0. The van der Waals surface area contributed by atoms with Crippen molar-refractivity contribution >= 4 is 45.7 Å². The SMILES string of the molecule is CC[C@@H]1C[C@]1(NC(=O)[C@@H]1C[C@@H](Oc2cc(-c3ccccc3)nc3cc(OC)ccc23)CN1C(=O)N[C@H](CNC(=O)c1cc2ccccc2o1)CC(C)C)C(=O)O. The summed E-state index contributed by atoms with van der Waals surface area (Å²) in [4.78, 5) is 60.1. The number of furan rings is 1. The number of hydrogen-bond donors (Lipinski definition) is 4. The minimum absolute atomic E-state index is 0.0432. The van der Waals surface area contributed by atoms with Crippen molar-refractivity contribution in [1.29, 1.82) is 0 Å². The summed E-state index contributed by atoms with van der Waals surface area (Å²) in [6.45, 7) is 6.07. The Hall–Kier alpha value is -6.11. The van der Waals surface area contributed by atoms with E-state index in [4.69, 9.17) is 18.9 Å². The van der Waals surface area contributed by atoms with Crippen LogP contribution in [-0.4, -0.2) is 82.7 Å². The van der Waals surface area contributed by atoms with Gasteiger partial charge < -0.3 is 39.8 Å². The number of nitrogens with zero attached hydrogens (tertiary/aromatic N) is 2. The summed E-state index contributed by atoms with van der Waals surface area (Å²) in [5.41, 5.74) is 1.42. The van der Waals surface area contributed by atoms with Crippen LogP contribution in [0.2, 0.25) is 0 Å². The molecule has 1 saturated heterocycles. The minimum atomic E-state index is -1.38. The zero-order valence-corrected chi connectivity index (χ0v) is 31.9. The Bertz CT molecular complexity index is 2220. The summed E-state index contributed by atoms with van der Waals surface area (Å²) in [6.07, 6.45) is 0.925. The first-order valence-corrected chi connectivity index (χ1v) is 19.1. The lowest BCUT2D eigenvalue weighted by Crippen LogP contribution is -2.56. The van der Waals surface area contributed by atoms with Crippen LogP contribution >= 0.6 is 0 Å². The predicted molar refractivity (Wildman–Crippen MR) is 210 cm³/mol. The highest BCUT2D eigenvalue weighted by Crippen LogP contribution is 2.46. The Morgan fingerprint density at radius 3 is 2.48 bits per heavy atom. The number of carbonyl (C=O) groups is 4. The number of carboxylic acid groups (broad SMARTS) is 1. The average Bonchev–Trinajstić information content (AvgIpc) is 3.50. The van der Waals surface area contributed by atoms with Gasteiger partial charge >= 0.3 is 12.0 Å². The van der Waals surface area contributed by atoms with Gasteiger partial charge in [-0.05, 0) is 48.9 Å². The molecule has 56 heavy (non-hydrogen) atoms. The number of para-hydroxylation sites is 1. The van der Waals surface area contributed by atoms with Gasteiger partial charge in [-0.1, -0.05) is 75.7 Å². The van der Waals surface area contributed by atoms with Crippen molar-refractivity contribution in [2.24, 2.45) is 11.8 Å². The zero-order chi connectivity index (χ0) is 39.6. The molecule has 4 amide bonds. The molecule has 2 aromatic heterocycles. The Kier molecular flexibility index (Phi) is 10.9. The van der Waals surface area contributed by atoms with Crippen molar-refractivity contribution in [3.63, 3.8) is 0 Å². The second-order valence-electron chi connectivity index (χ2n) is 15.1. The van der Waals surface area contributed by atoms with Crippen LogP contribution in [0.5, 0.6) is 11.5 Å². The molecule has 292 valence electrons. The third-order valence-electron chi connectivity index (χ3n) is 10.7. The van der Waals surface area contributed by atoms with Gasteiger partial charge in [-0.2, -0.15) is 0 Å². The Balaban J connectivity index is 1.14. The molecule has 2 fully saturated rings. The van der Waals surface area contributed by atoms with Gasteiger partial charge in [0.25, 0.3) is 5.91 Å². The number of aliphatic carboxylic acids is 1. The van der Waals surface area contributed by atoms with Crippen LogP contribution < -0.4 is 25.4 Å². The van der Waals surface area contributed by atoms with E-state index in [0.29, 0.717) is 47.6 Å². The van der Waals surface area contributed by atoms with Crippen molar-refractivity contribution in [3.05, 3.63) is 90.7 Å². The van der Waals surface area contributed by atoms with Gasteiger partial charge in [0, 0.05) is 47.5 Å². The first-order valence-electron chi connectivity index (χ1n) is 19.1. The number of aromatic nitrogens is 1. The third-order valence-corrected chi connectivity index (χ3v) is 10.7. The topological polar surface area (TPSA) is 172 Å². The number of fused-ring (bicyclic) bond motifs is 2. The lowest BCUT2D eigenvalue weighted by Gasteiger charge is -2.29. The second-order valence-corrected chi connectivity index (χ2v) is 15.1. The molecule has 1 aliphatic heterocycles. The molecule has 1 saturated carbocycles. The molecule has 2 aliphatic rings. The molecule has 7 rings (SSSR count). The number of ether oxygens (including phenoxy) is 2. The first-order chi connectivity index (χ1) is 27.0. The van der Waals surface area contributed by atoms with Crippen LogP contribution in [0.15, 0.2) is 89.3 Å². The zero-order valence-electron chi connectivity index (χ0n) is 31.9. The highest BCUT2D eigenvalue weighted by atomic mass is 16.5. The van der Waals surface area contributed by atoms with Crippen LogP contribution in [0.1, 0.15) is 57.0 Å². The molecule has 1 aliphatic carbocycles. The molecule has 0 unspecified atom stereocenters. The second kappa shape index (κ2) is 15.9. The van der Waals surface area contributed by atoms with E-state index in [-0.39, 0.29) is 37.1 Å². The Morgan fingerprint density at radius 1 is 1.02 bits per heavy atom. The molecule has 5 atom stereocenters. The van der Waals surface area contributed by atoms with Crippen LogP contribution in [0.25, 0.3) is 33.1 Å². The summed E-state index contributed by atoms with van der Waals surface area (Å²) >= 11 is 0. The van der Waals surface area contributed by atoms with Crippen LogP contribution in [-0.2, 0) is 9.59 Å². The standard InChI is InChI=1S/C43H47N5O8/c1-5-28-22-43(28,41(51)52)47-39(49)35-20-31(55-37-21-33(26-11-7-6-8-12-26)46-34-19-30(54-4)15-16-32(34)37)24-48(35)42(53)45-29(17-25(2)3)23-44-40(50)38-18-27-13-9-10-14-36(27)56-38/h6-16,18-19,21,25,28-29,31,35H,5,17,20,22-24H2,1-4H3,(H,44,50)(H,45,53)(H,47,49)(H,51,52)/t28-,29+,31-,35+,43-/m1/s1. The lowest BCUT2D eigenvalue weighted by molar-refractivity contribution is -0.144. The maximum absolute atomic E-state index is 14.2. The van der Waals surface area contributed by atoms with Crippen molar-refractivity contribution in [2.75, 3.05) is 20.2 Å². The normalized spacial score (nSPS) is 20.8. The number of amides is 4. The van der Waals surface area contributed by atoms with Crippen molar-refractivity contribution in [2.45, 2.75) is 70.2 Å². The van der Waals surface area contributed by atoms with Crippen LogP contribution in [0.3, 0.4) is 0 Å². The number of rotatable bonds is 14. The van der Waals surface area contributed by atoms with Gasteiger partial charge in [0.2, 0.25) is 5.91 Å². The Morgan fingerprint density at radius 2 is 1.79 bits per heavy atom. The smallest absolute Gasteiger partial charge is 0.329 e. The maximum Gasteiger partial charge on any atom is 0.329 e. The van der Waals surface area contributed by atoms with Crippen LogP contribution in [0.4, 0.5) is 4.79 Å². The number of pyridine rings is 1. The van der Waals surface area contributed by atoms with Gasteiger partial charge in [-0.25, -0.2) is 14.6 Å². The fourth-order valence-corrected chi connectivity index (χ4v) is 7.70. The van der Waals surface area contributed by atoms with E-state index < -0.39 is 47.5 Å². The van der Waals surface area contributed by atoms with Crippen molar-refractivity contribution < 1.29 is 38.2 Å². The molecule has 4 N–H and O–H groups in total. The van der Waals surface area contributed by atoms with E-state index in [0.717, 1.165) is 16.3 Å². The Labute approximate surface area is 324 Å². The third kappa shape index (κ3) is 7.98. The molecule has 13 heteroatoms. The number of carbonyl (C=O) groups excluding carboxylic acids is 3. The quantitative estimate of drug-likeness (QED) is 0.0999. The first kappa shape index (κ1) is 38.2. The van der Waals surface area contributed by atoms with E-state index >= 15 is 0 Å². The number of urea groups is 1. The highest BCUT2D eigenvalue weighted by molar-refractivity contribution is 5.96. The predicted octanol–water partition coefficient (Wildman–Crippen LogP) is 6.40. The number of methoxy groups -OCH3 is 1. The molecule has 0 spiro atoms. The molecule has 0 bridgehead atoms. The minimum Gasteiger partial charge on any atom is -0.497 e. The fraction of sp³-hybridized carbons (Fsp3) is 0.372. The summed E-state index contributed by atoms with van der Waals surface area (Å²) < 4.78 is 17.9. The van der Waals surface area contributed by atoms with E-state index in [1.165, 1.54) is 4.90 Å². The molecule has 5 aromatic rings. The van der Waals surface area contributed by atoms with Gasteiger partial charge in [-0.3, -0.25) is 9.59 Å². The molecular formula is C43H47N5O8. The number of hydrogen-bond acceptors (Lipinski definition) is 8.